The topological polar surface area (TPSA) is 71.4 Å². The van der Waals surface area contributed by atoms with E-state index < -0.39 is 10.1 Å². The molecule has 112 valence electrons. The number of ketones is 1. The number of carbonyl (C=O) groups is 1. The maximum Gasteiger partial charge on any atom is 0.295 e. The van der Waals surface area contributed by atoms with Crippen LogP contribution in [0.4, 0.5) is 0 Å². The van der Waals surface area contributed by atoms with Crippen LogP contribution in [0.1, 0.15) is 32.3 Å². The summed E-state index contributed by atoms with van der Waals surface area (Å²) in [7, 11) is -4.29. The second-order valence-electron chi connectivity index (χ2n) is 6.48. The minimum absolute atomic E-state index is 0.0339. The van der Waals surface area contributed by atoms with Gasteiger partial charge in [0.15, 0.2) is 5.78 Å². The molecule has 2 unspecified atom stereocenters. The summed E-state index contributed by atoms with van der Waals surface area (Å²) < 4.78 is 32.2. The van der Waals surface area contributed by atoms with Crippen LogP contribution in [0.15, 0.2) is 34.7 Å². The van der Waals surface area contributed by atoms with Crippen molar-refractivity contribution in [2.75, 3.05) is 0 Å². The van der Waals surface area contributed by atoms with Crippen LogP contribution < -0.4 is 0 Å². The zero-order valence-corrected chi connectivity index (χ0v) is 12.9. The van der Waals surface area contributed by atoms with Crippen LogP contribution in [-0.4, -0.2) is 18.8 Å². The molecule has 2 aliphatic carbocycles. The molecule has 4 nitrogen and oxygen atoms in total. The summed E-state index contributed by atoms with van der Waals surface area (Å²) in [5, 5.41) is 0. The molecule has 2 aliphatic rings. The molecule has 2 atom stereocenters. The highest BCUT2D eigenvalue weighted by molar-refractivity contribution is 7.85. The molecule has 0 aliphatic heterocycles. The highest BCUT2D eigenvalue weighted by Crippen LogP contribution is 2.58. The maximum atomic E-state index is 12.5. The lowest BCUT2D eigenvalue weighted by Gasteiger charge is -2.22. The first-order valence-electron chi connectivity index (χ1n) is 7.05. The van der Waals surface area contributed by atoms with E-state index in [0.717, 1.165) is 12.8 Å². The Hall–Kier alpha value is -1.46. The van der Waals surface area contributed by atoms with Gasteiger partial charge in [-0.3, -0.25) is 9.35 Å². The van der Waals surface area contributed by atoms with Gasteiger partial charge >= 0.3 is 0 Å². The van der Waals surface area contributed by atoms with Crippen molar-refractivity contribution >= 4 is 22.0 Å². The Morgan fingerprint density at radius 3 is 2.38 bits per heavy atom. The predicted molar refractivity (Wildman–Crippen MR) is 79.2 cm³/mol. The number of benzene rings is 1. The Bertz CT molecular complexity index is 743. The highest BCUT2D eigenvalue weighted by Gasteiger charge is 2.55. The zero-order chi connectivity index (χ0) is 15.4. The van der Waals surface area contributed by atoms with Crippen LogP contribution in [0, 0.1) is 17.3 Å². The number of allylic oxidation sites excluding steroid dienone is 1. The first-order valence-corrected chi connectivity index (χ1v) is 8.49. The predicted octanol–water partition coefficient (Wildman–Crippen LogP) is 2.95. The molecule has 2 saturated carbocycles. The standard InChI is InChI=1S/C16H18O4S/c1-16(2)12-7-8-13(16)15(17)11(12)9-10-5-3-4-6-14(10)21(18,19)20/h3-6,9,12-13H,7-8H2,1-2H3,(H,18,19,20)/b11-9+. The fourth-order valence-electron chi connectivity index (χ4n) is 3.89. The smallest absolute Gasteiger partial charge is 0.294 e. The SMILES string of the molecule is CC1(C)C2CCC1/C(=C\c1ccccc1S(=O)(=O)O)C2=O. The summed E-state index contributed by atoms with van der Waals surface area (Å²) in [6.45, 7) is 4.20. The van der Waals surface area contributed by atoms with Crippen molar-refractivity contribution in [3.05, 3.63) is 35.4 Å². The van der Waals surface area contributed by atoms with Crippen LogP contribution in [0.3, 0.4) is 0 Å². The van der Waals surface area contributed by atoms with Gasteiger partial charge in [-0.15, -0.1) is 0 Å². The van der Waals surface area contributed by atoms with Crippen molar-refractivity contribution < 1.29 is 17.8 Å². The number of carbonyl (C=O) groups excluding carboxylic acids is 1. The molecule has 2 bridgehead atoms. The monoisotopic (exact) mass is 306 g/mol. The van der Waals surface area contributed by atoms with E-state index in [1.807, 2.05) is 0 Å². The van der Waals surface area contributed by atoms with Crippen LogP contribution in [0.25, 0.3) is 6.08 Å². The Balaban J connectivity index is 2.11. The molecule has 0 aromatic heterocycles. The van der Waals surface area contributed by atoms with Crippen molar-refractivity contribution in [1.82, 2.24) is 0 Å². The summed E-state index contributed by atoms with van der Waals surface area (Å²) in [6, 6.07) is 6.22. The fraction of sp³-hybridized carbons (Fsp3) is 0.438. The van der Waals surface area contributed by atoms with E-state index in [9.17, 15) is 17.8 Å². The summed E-state index contributed by atoms with van der Waals surface area (Å²) in [6.07, 6.45) is 3.52. The summed E-state index contributed by atoms with van der Waals surface area (Å²) >= 11 is 0. The van der Waals surface area contributed by atoms with E-state index in [2.05, 4.69) is 13.8 Å². The lowest BCUT2D eigenvalue weighted by molar-refractivity contribution is -0.119. The van der Waals surface area contributed by atoms with Crippen molar-refractivity contribution in [3.63, 3.8) is 0 Å². The normalized spacial score (nSPS) is 29.3. The minimum atomic E-state index is -4.29. The minimum Gasteiger partial charge on any atom is -0.294 e. The molecular formula is C16H18O4S. The molecule has 0 heterocycles. The molecule has 1 aromatic rings. The van der Waals surface area contributed by atoms with E-state index in [1.165, 1.54) is 6.07 Å². The van der Waals surface area contributed by atoms with Crippen LogP contribution in [0.5, 0.6) is 0 Å². The molecule has 0 spiro atoms. The van der Waals surface area contributed by atoms with Crippen molar-refractivity contribution in [2.24, 2.45) is 17.3 Å². The van der Waals surface area contributed by atoms with Gasteiger partial charge in [0.25, 0.3) is 10.1 Å². The van der Waals surface area contributed by atoms with Crippen molar-refractivity contribution in [2.45, 2.75) is 31.6 Å². The molecule has 3 rings (SSSR count). The van der Waals surface area contributed by atoms with Crippen molar-refractivity contribution in [1.29, 1.82) is 0 Å². The lowest BCUT2D eigenvalue weighted by atomic mass is 9.81. The third-order valence-electron chi connectivity index (χ3n) is 5.02. The van der Waals surface area contributed by atoms with Gasteiger partial charge in [0.05, 0.1) is 0 Å². The van der Waals surface area contributed by atoms with Gasteiger partial charge in [-0.1, -0.05) is 32.0 Å². The molecule has 21 heavy (non-hydrogen) atoms. The number of Topliss-reactive ketones (excluding diaryl/α,β-unsaturated/α-hetero) is 1. The number of hydrogen-bond acceptors (Lipinski definition) is 3. The quantitative estimate of drug-likeness (QED) is 0.673. The Labute approximate surface area is 124 Å². The number of hydrogen-bond donors (Lipinski definition) is 1. The lowest BCUT2D eigenvalue weighted by Crippen LogP contribution is -2.19. The average molecular weight is 306 g/mol. The van der Waals surface area contributed by atoms with Gasteiger partial charge < -0.3 is 0 Å². The second-order valence-corrected chi connectivity index (χ2v) is 7.87. The van der Waals surface area contributed by atoms with Gasteiger partial charge in [-0.2, -0.15) is 8.42 Å². The molecule has 2 fully saturated rings. The molecule has 0 amide bonds. The van der Waals surface area contributed by atoms with E-state index in [1.54, 1.807) is 24.3 Å². The van der Waals surface area contributed by atoms with Crippen LogP contribution >= 0.6 is 0 Å². The molecule has 1 N–H and O–H groups in total. The number of rotatable bonds is 2. The van der Waals surface area contributed by atoms with Crippen LogP contribution in [-0.2, 0) is 14.9 Å². The highest BCUT2D eigenvalue weighted by atomic mass is 32.2. The first-order chi connectivity index (χ1) is 9.73. The van der Waals surface area contributed by atoms with Crippen molar-refractivity contribution in [3.8, 4) is 0 Å². The van der Waals surface area contributed by atoms with Gasteiger partial charge in [0.2, 0.25) is 0 Å². The van der Waals surface area contributed by atoms with Crippen LogP contribution in [0.2, 0.25) is 0 Å². The third kappa shape index (κ3) is 2.15. The van der Waals surface area contributed by atoms with E-state index in [0.29, 0.717) is 11.1 Å². The summed E-state index contributed by atoms with van der Waals surface area (Å²) in [5.74, 6) is 0.331. The average Bonchev–Trinajstić information content (AvgIpc) is 2.77. The molecule has 5 heteroatoms. The van der Waals surface area contributed by atoms with Gasteiger partial charge in [-0.25, -0.2) is 0 Å². The first kappa shape index (κ1) is 14.5. The molecule has 0 saturated heterocycles. The van der Waals surface area contributed by atoms with Gasteiger partial charge in [0, 0.05) is 5.92 Å². The molecule has 1 aromatic carbocycles. The maximum absolute atomic E-state index is 12.5. The largest absolute Gasteiger partial charge is 0.295 e. The van der Waals surface area contributed by atoms with E-state index in [-0.39, 0.29) is 27.9 Å². The van der Waals surface area contributed by atoms with E-state index in [4.69, 9.17) is 0 Å². The van der Waals surface area contributed by atoms with Gasteiger partial charge in [-0.05, 0) is 47.5 Å². The summed E-state index contributed by atoms with van der Waals surface area (Å²) in [5.41, 5.74) is 1.02. The Kier molecular flexibility index (Phi) is 3.11. The zero-order valence-electron chi connectivity index (χ0n) is 12.0. The van der Waals surface area contributed by atoms with E-state index >= 15 is 0 Å². The second kappa shape index (κ2) is 4.52. The fourth-order valence-corrected chi connectivity index (χ4v) is 4.57. The Morgan fingerprint density at radius 1 is 1.19 bits per heavy atom. The van der Waals surface area contributed by atoms with Gasteiger partial charge in [0.1, 0.15) is 4.90 Å². The number of fused-ring (bicyclic) bond motifs is 2. The Morgan fingerprint density at radius 2 is 1.81 bits per heavy atom. The molecular weight excluding hydrogens is 288 g/mol. The molecule has 0 radical (unpaired) electrons. The summed E-state index contributed by atoms with van der Waals surface area (Å²) in [4.78, 5) is 12.3. The third-order valence-corrected chi connectivity index (χ3v) is 5.95.